The molecular formula is C15H20N4O3. The highest BCUT2D eigenvalue weighted by Gasteiger charge is 2.25. The number of hydrogen-bond acceptors (Lipinski definition) is 4. The van der Waals surface area contributed by atoms with Crippen LogP contribution < -0.4 is 11.1 Å². The molecule has 1 aromatic carbocycles. The average Bonchev–Trinajstić information content (AvgIpc) is 2.54. The van der Waals surface area contributed by atoms with Gasteiger partial charge in [0.2, 0.25) is 5.91 Å². The lowest BCUT2D eigenvalue weighted by atomic mass is 10.2. The molecular weight excluding hydrogens is 284 g/mol. The highest BCUT2D eigenvalue weighted by molar-refractivity contribution is 6.39. The van der Waals surface area contributed by atoms with E-state index in [0.717, 1.165) is 19.6 Å². The second-order valence-electron chi connectivity index (χ2n) is 5.12. The fourth-order valence-corrected chi connectivity index (χ4v) is 2.31. The molecule has 0 aliphatic carbocycles. The number of primary amides is 1. The number of likely N-dealkylation sites (N-methyl/N-ethyl adjacent to an activating group) is 1. The van der Waals surface area contributed by atoms with Crippen LogP contribution in [0.25, 0.3) is 0 Å². The van der Waals surface area contributed by atoms with Crippen molar-refractivity contribution in [3.8, 4) is 0 Å². The second kappa shape index (κ2) is 7.04. The molecule has 0 unspecified atom stereocenters. The zero-order valence-corrected chi connectivity index (χ0v) is 12.5. The van der Waals surface area contributed by atoms with Gasteiger partial charge < -0.3 is 20.9 Å². The van der Waals surface area contributed by atoms with Crippen molar-refractivity contribution in [2.24, 2.45) is 5.73 Å². The molecule has 0 radical (unpaired) electrons. The van der Waals surface area contributed by atoms with Crippen LogP contribution in [-0.2, 0) is 9.59 Å². The van der Waals surface area contributed by atoms with E-state index in [-0.39, 0.29) is 0 Å². The number of nitrogens with one attached hydrogen (secondary N) is 1. The van der Waals surface area contributed by atoms with E-state index in [1.54, 1.807) is 17.0 Å². The summed E-state index contributed by atoms with van der Waals surface area (Å²) in [5.41, 5.74) is 5.94. The minimum absolute atomic E-state index is 0.347. The maximum atomic E-state index is 12.1. The number of amides is 3. The first-order valence-electron chi connectivity index (χ1n) is 7.23. The molecule has 1 aromatic rings. The van der Waals surface area contributed by atoms with Crippen molar-refractivity contribution < 1.29 is 14.4 Å². The number of carbonyl (C=O) groups excluding carboxylic acids is 3. The minimum atomic E-state index is -0.670. The molecule has 2 rings (SSSR count). The molecule has 0 atom stereocenters. The number of nitrogens with zero attached hydrogens (tertiary/aromatic N) is 2. The Kier molecular flexibility index (Phi) is 5.11. The first kappa shape index (κ1) is 16.0. The molecule has 7 nitrogen and oxygen atoms in total. The number of rotatable bonds is 3. The molecule has 3 N–H and O–H groups in total. The van der Waals surface area contributed by atoms with Crippen LogP contribution in [0.15, 0.2) is 24.3 Å². The van der Waals surface area contributed by atoms with Gasteiger partial charge in [0.25, 0.3) is 0 Å². The van der Waals surface area contributed by atoms with Gasteiger partial charge >= 0.3 is 11.8 Å². The largest absolute Gasteiger partial charge is 0.366 e. The first-order chi connectivity index (χ1) is 10.5. The Labute approximate surface area is 129 Å². The van der Waals surface area contributed by atoms with E-state index in [0.29, 0.717) is 24.3 Å². The monoisotopic (exact) mass is 304 g/mol. The van der Waals surface area contributed by atoms with Gasteiger partial charge in [-0.2, -0.15) is 0 Å². The summed E-state index contributed by atoms with van der Waals surface area (Å²) in [6.07, 6.45) is 0. The normalized spacial score (nSPS) is 15.4. The van der Waals surface area contributed by atoms with E-state index in [1.165, 1.54) is 12.1 Å². The smallest absolute Gasteiger partial charge is 0.313 e. The molecule has 1 fully saturated rings. The van der Waals surface area contributed by atoms with E-state index in [2.05, 4.69) is 17.1 Å². The maximum absolute atomic E-state index is 12.1. The zero-order valence-electron chi connectivity index (χ0n) is 12.5. The Morgan fingerprint density at radius 3 is 2.18 bits per heavy atom. The van der Waals surface area contributed by atoms with Gasteiger partial charge in [-0.05, 0) is 30.8 Å². The van der Waals surface area contributed by atoms with Gasteiger partial charge in [-0.3, -0.25) is 14.4 Å². The van der Waals surface area contributed by atoms with Crippen LogP contribution in [0, 0.1) is 0 Å². The topological polar surface area (TPSA) is 95.7 Å². The van der Waals surface area contributed by atoms with Crippen LogP contribution in [-0.4, -0.2) is 60.2 Å². The molecule has 3 amide bonds. The molecule has 7 heteroatoms. The SMILES string of the molecule is CCN1CCN(C(=O)C(=O)Nc2ccc(C(N)=O)cc2)CC1. The summed E-state index contributed by atoms with van der Waals surface area (Å²) in [4.78, 5) is 38.8. The third-order valence-electron chi connectivity index (χ3n) is 3.73. The van der Waals surface area contributed by atoms with E-state index in [4.69, 9.17) is 5.73 Å². The summed E-state index contributed by atoms with van der Waals surface area (Å²) in [7, 11) is 0. The van der Waals surface area contributed by atoms with Crippen molar-refractivity contribution in [2.75, 3.05) is 38.0 Å². The molecule has 1 aliphatic heterocycles. The summed E-state index contributed by atoms with van der Waals surface area (Å²) in [5, 5.41) is 2.53. The fourth-order valence-electron chi connectivity index (χ4n) is 2.31. The second-order valence-corrected chi connectivity index (χ2v) is 5.12. The molecule has 1 saturated heterocycles. The zero-order chi connectivity index (χ0) is 16.1. The Morgan fingerprint density at radius 2 is 1.68 bits per heavy atom. The van der Waals surface area contributed by atoms with E-state index < -0.39 is 17.7 Å². The van der Waals surface area contributed by atoms with Crippen molar-refractivity contribution in [3.05, 3.63) is 29.8 Å². The number of carbonyl (C=O) groups is 3. The van der Waals surface area contributed by atoms with E-state index in [1.807, 2.05) is 0 Å². The summed E-state index contributed by atoms with van der Waals surface area (Å²) in [5.74, 6) is -1.74. The Balaban J connectivity index is 1.91. The lowest BCUT2D eigenvalue weighted by molar-refractivity contribution is -0.144. The predicted octanol–water partition coefficient (Wildman–Crippen LogP) is -0.112. The molecule has 1 heterocycles. The standard InChI is InChI=1S/C15H20N4O3/c1-2-18-7-9-19(10-8-18)15(22)14(21)17-12-5-3-11(4-6-12)13(16)20/h3-6H,2,7-10H2,1H3,(H2,16,20)(H,17,21). The number of piperazine rings is 1. The maximum Gasteiger partial charge on any atom is 0.313 e. The van der Waals surface area contributed by atoms with Gasteiger partial charge in [0, 0.05) is 37.4 Å². The third-order valence-corrected chi connectivity index (χ3v) is 3.73. The average molecular weight is 304 g/mol. The van der Waals surface area contributed by atoms with Gasteiger partial charge in [-0.15, -0.1) is 0 Å². The van der Waals surface area contributed by atoms with Crippen LogP contribution >= 0.6 is 0 Å². The minimum Gasteiger partial charge on any atom is -0.366 e. The van der Waals surface area contributed by atoms with Crippen molar-refractivity contribution in [1.29, 1.82) is 0 Å². The third kappa shape index (κ3) is 3.82. The van der Waals surface area contributed by atoms with Crippen molar-refractivity contribution in [3.63, 3.8) is 0 Å². The quantitative estimate of drug-likeness (QED) is 0.762. The highest BCUT2D eigenvalue weighted by atomic mass is 16.2. The number of benzene rings is 1. The molecule has 0 aromatic heterocycles. The van der Waals surface area contributed by atoms with Crippen molar-refractivity contribution in [2.45, 2.75) is 6.92 Å². The fraction of sp³-hybridized carbons (Fsp3) is 0.400. The summed E-state index contributed by atoms with van der Waals surface area (Å²) in [6.45, 7) is 5.69. The molecule has 0 bridgehead atoms. The summed E-state index contributed by atoms with van der Waals surface area (Å²) in [6, 6.07) is 6.09. The Bertz CT molecular complexity index is 563. The lowest BCUT2D eigenvalue weighted by Gasteiger charge is -2.33. The van der Waals surface area contributed by atoms with Crippen LogP contribution in [0.4, 0.5) is 5.69 Å². The van der Waals surface area contributed by atoms with Gasteiger partial charge in [-0.1, -0.05) is 6.92 Å². The van der Waals surface area contributed by atoms with E-state index >= 15 is 0 Å². The molecule has 1 aliphatic rings. The molecule has 118 valence electrons. The van der Waals surface area contributed by atoms with Gasteiger partial charge in [0.05, 0.1) is 0 Å². The van der Waals surface area contributed by atoms with Crippen LogP contribution in [0.2, 0.25) is 0 Å². The number of anilines is 1. The van der Waals surface area contributed by atoms with Gasteiger partial charge in [0.1, 0.15) is 0 Å². The van der Waals surface area contributed by atoms with Gasteiger partial charge in [0.15, 0.2) is 0 Å². The number of nitrogens with two attached hydrogens (primary N) is 1. The lowest BCUT2D eigenvalue weighted by Crippen LogP contribution is -2.51. The van der Waals surface area contributed by atoms with Gasteiger partial charge in [-0.25, -0.2) is 0 Å². The summed E-state index contributed by atoms with van der Waals surface area (Å²) >= 11 is 0. The van der Waals surface area contributed by atoms with Crippen molar-refractivity contribution in [1.82, 2.24) is 9.80 Å². The Hall–Kier alpha value is -2.41. The number of hydrogen-bond donors (Lipinski definition) is 2. The predicted molar refractivity (Wildman–Crippen MR) is 82.3 cm³/mol. The molecule has 22 heavy (non-hydrogen) atoms. The molecule has 0 saturated carbocycles. The summed E-state index contributed by atoms with van der Waals surface area (Å²) < 4.78 is 0. The highest BCUT2D eigenvalue weighted by Crippen LogP contribution is 2.10. The Morgan fingerprint density at radius 1 is 1.09 bits per heavy atom. The molecule has 0 spiro atoms. The first-order valence-corrected chi connectivity index (χ1v) is 7.23. The van der Waals surface area contributed by atoms with Crippen LogP contribution in [0.5, 0.6) is 0 Å². The van der Waals surface area contributed by atoms with Crippen LogP contribution in [0.3, 0.4) is 0 Å². The van der Waals surface area contributed by atoms with Crippen molar-refractivity contribution >= 4 is 23.4 Å². The van der Waals surface area contributed by atoms with Crippen LogP contribution in [0.1, 0.15) is 17.3 Å². The van der Waals surface area contributed by atoms with E-state index in [9.17, 15) is 14.4 Å².